The van der Waals surface area contributed by atoms with E-state index in [9.17, 15) is 19.8 Å². The van der Waals surface area contributed by atoms with Gasteiger partial charge in [-0.25, -0.2) is 9.59 Å². The molecule has 0 aliphatic rings. The maximum absolute atomic E-state index is 11.7. The zero-order chi connectivity index (χ0) is 16.3. The van der Waals surface area contributed by atoms with Crippen LogP contribution in [-0.4, -0.2) is 22.2 Å². The van der Waals surface area contributed by atoms with E-state index in [-0.39, 0.29) is 11.1 Å². The topological polar surface area (TPSA) is 74.6 Å². The second kappa shape index (κ2) is 6.26. The van der Waals surface area contributed by atoms with Crippen LogP contribution in [0.15, 0.2) is 48.5 Å². The normalized spacial score (nSPS) is 11.7. The average Bonchev–Trinajstić information content (AvgIpc) is 2.43. The number of hydrogen-bond acceptors (Lipinski definition) is 2. The number of rotatable bonds is 4. The lowest BCUT2D eigenvalue weighted by atomic mass is 9.93. The number of carbonyl (C=O) groups is 2. The summed E-state index contributed by atoms with van der Waals surface area (Å²) in [6.45, 7) is 3.66. The summed E-state index contributed by atoms with van der Waals surface area (Å²) in [5, 5.41) is 19.1. The van der Waals surface area contributed by atoms with Crippen LogP contribution in [0.5, 0.6) is 0 Å². The molecule has 0 heterocycles. The number of aryl methyl sites for hydroxylation is 2. The van der Waals surface area contributed by atoms with Crippen LogP contribution in [0.2, 0.25) is 0 Å². The maximum Gasteiger partial charge on any atom is 0.337 e. The molecule has 0 fully saturated rings. The van der Waals surface area contributed by atoms with Gasteiger partial charge in [-0.1, -0.05) is 59.7 Å². The quantitative estimate of drug-likeness (QED) is 0.670. The maximum atomic E-state index is 11.7. The molecule has 112 valence electrons. The van der Waals surface area contributed by atoms with E-state index < -0.39 is 11.9 Å². The van der Waals surface area contributed by atoms with Crippen molar-refractivity contribution in [3.05, 3.63) is 70.8 Å². The zero-order valence-corrected chi connectivity index (χ0v) is 12.3. The summed E-state index contributed by atoms with van der Waals surface area (Å²) in [5.74, 6) is -2.52. The standard InChI is InChI=1S/C18H16O4/c1-11-5-3-7-13(9-11)15(17(19)20)16(18(21)22)14-8-4-6-12(2)10-14/h3-10H,1-2H3,(H,19,20)(H,21,22). The third-order valence-corrected chi connectivity index (χ3v) is 3.29. The van der Waals surface area contributed by atoms with Crippen molar-refractivity contribution in [2.75, 3.05) is 0 Å². The molecule has 2 aromatic carbocycles. The van der Waals surface area contributed by atoms with Gasteiger partial charge in [0.25, 0.3) is 0 Å². The Morgan fingerprint density at radius 1 is 0.727 bits per heavy atom. The molecule has 0 amide bonds. The summed E-state index contributed by atoms with van der Waals surface area (Å²) in [5.41, 5.74) is 2.08. The molecule has 2 N–H and O–H groups in total. The van der Waals surface area contributed by atoms with Crippen molar-refractivity contribution >= 4 is 23.1 Å². The minimum absolute atomic E-state index is 0.207. The van der Waals surface area contributed by atoms with E-state index in [1.54, 1.807) is 36.4 Å². The number of aliphatic carboxylic acids is 2. The minimum Gasteiger partial charge on any atom is -0.478 e. The lowest BCUT2D eigenvalue weighted by Crippen LogP contribution is -2.10. The molecule has 0 aliphatic carbocycles. The van der Waals surface area contributed by atoms with Gasteiger partial charge in [-0.15, -0.1) is 0 Å². The highest BCUT2D eigenvalue weighted by molar-refractivity contribution is 6.36. The molecule has 0 atom stereocenters. The van der Waals surface area contributed by atoms with Gasteiger partial charge in [-0.05, 0) is 25.0 Å². The van der Waals surface area contributed by atoms with Crippen LogP contribution < -0.4 is 0 Å². The van der Waals surface area contributed by atoms with Gasteiger partial charge in [0.15, 0.2) is 0 Å². The van der Waals surface area contributed by atoms with Gasteiger partial charge in [0.1, 0.15) is 0 Å². The van der Waals surface area contributed by atoms with Crippen LogP contribution in [0.25, 0.3) is 11.1 Å². The largest absolute Gasteiger partial charge is 0.478 e. The zero-order valence-electron chi connectivity index (χ0n) is 12.3. The lowest BCUT2D eigenvalue weighted by Gasteiger charge is -2.11. The Hall–Kier alpha value is -2.88. The summed E-state index contributed by atoms with van der Waals surface area (Å²) in [7, 11) is 0. The average molecular weight is 296 g/mol. The van der Waals surface area contributed by atoms with E-state index in [1.807, 2.05) is 26.0 Å². The number of carboxylic acids is 2. The third-order valence-electron chi connectivity index (χ3n) is 3.29. The van der Waals surface area contributed by atoms with Crippen molar-refractivity contribution in [3.63, 3.8) is 0 Å². The van der Waals surface area contributed by atoms with Crippen LogP contribution in [0, 0.1) is 13.8 Å². The minimum atomic E-state index is -1.26. The van der Waals surface area contributed by atoms with E-state index >= 15 is 0 Å². The first-order valence-electron chi connectivity index (χ1n) is 6.75. The molecule has 2 aromatic rings. The summed E-state index contributed by atoms with van der Waals surface area (Å²) >= 11 is 0. The monoisotopic (exact) mass is 296 g/mol. The van der Waals surface area contributed by atoms with Crippen molar-refractivity contribution in [2.45, 2.75) is 13.8 Å². The molecule has 0 aromatic heterocycles. The SMILES string of the molecule is Cc1cccc(C(C(=O)O)=C(C(=O)O)c2cccc(C)c2)c1. The van der Waals surface area contributed by atoms with Crippen LogP contribution in [-0.2, 0) is 9.59 Å². The molecule has 0 saturated heterocycles. The third kappa shape index (κ3) is 3.23. The van der Waals surface area contributed by atoms with Gasteiger partial charge < -0.3 is 10.2 Å². The van der Waals surface area contributed by atoms with Gasteiger partial charge in [0.2, 0.25) is 0 Å². The van der Waals surface area contributed by atoms with Crippen LogP contribution >= 0.6 is 0 Å². The van der Waals surface area contributed by atoms with Gasteiger partial charge in [0.05, 0.1) is 11.1 Å². The van der Waals surface area contributed by atoms with Crippen LogP contribution in [0.1, 0.15) is 22.3 Å². The fourth-order valence-corrected chi connectivity index (χ4v) is 2.35. The van der Waals surface area contributed by atoms with E-state index in [0.717, 1.165) is 11.1 Å². The summed E-state index contributed by atoms with van der Waals surface area (Å²) in [6.07, 6.45) is 0. The van der Waals surface area contributed by atoms with Gasteiger partial charge in [0, 0.05) is 0 Å². The highest BCUT2D eigenvalue weighted by atomic mass is 16.4. The second-order valence-electron chi connectivity index (χ2n) is 5.10. The van der Waals surface area contributed by atoms with Crippen molar-refractivity contribution in [2.24, 2.45) is 0 Å². The van der Waals surface area contributed by atoms with Gasteiger partial charge >= 0.3 is 11.9 Å². The van der Waals surface area contributed by atoms with Gasteiger partial charge in [-0.3, -0.25) is 0 Å². The Labute approximate surface area is 128 Å². The smallest absolute Gasteiger partial charge is 0.337 e. The molecule has 0 unspecified atom stereocenters. The highest BCUT2D eigenvalue weighted by Crippen LogP contribution is 2.28. The number of carboxylic acid groups (broad SMARTS) is 2. The van der Waals surface area contributed by atoms with Crippen molar-refractivity contribution in [1.29, 1.82) is 0 Å². The van der Waals surface area contributed by atoms with E-state index in [2.05, 4.69) is 0 Å². The first-order valence-corrected chi connectivity index (χ1v) is 6.75. The summed E-state index contributed by atoms with van der Waals surface area (Å²) < 4.78 is 0. The van der Waals surface area contributed by atoms with Gasteiger partial charge in [-0.2, -0.15) is 0 Å². The molecule has 4 heteroatoms. The number of benzene rings is 2. The number of hydrogen-bond donors (Lipinski definition) is 2. The van der Waals surface area contributed by atoms with Crippen LogP contribution in [0.3, 0.4) is 0 Å². The molecule has 0 bridgehead atoms. The molecule has 0 saturated carbocycles. The molecule has 2 rings (SSSR count). The molecular formula is C18H16O4. The Morgan fingerprint density at radius 3 is 1.36 bits per heavy atom. The molecule has 0 radical (unpaired) electrons. The lowest BCUT2D eigenvalue weighted by molar-refractivity contribution is -0.132. The second-order valence-corrected chi connectivity index (χ2v) is 5.10. The summed E-state index contributed by atoms with van der Waals surface area (Å²) in [6, 6.07) is 13.6. The predicted octanol–water partition coefficient (Wildman–Crippen LogP) is 3.38. The highest BCUT2D eigenvalue weighted by Gasteiger charge is 2.23. The summed E-state index contributed by atoms with van der Waals surface area (Å²) in [4.78, 5) is 23.4. The predicted molar refractivity (Wildman–Crippen MR) is 84.4 cm³/mol. The van der Waals surface area contributed by atoms with Crippen molar-refractivity contribution < 1.29 is 19.8 Å². The van der Waals surface area contributed by atoms with Crippen LogP contribution in [0.4, 0.5) is 0 Å². The Kier molecular flexibility index (Phi) is 4.41. The molecule has 22 heavy (non-hydrogen) atoms. The molecule has 0 spiro atoms. The Balaban J connectivity index is 2.79. The fraction of sp³-hybridized carbons (Fsp3) is 0.111. The van der Waals surface area contributed by atoms with E-state index in [0.29, 0.717) is 11.1 Å². The Morgan fingerprint density at radius 2 is 1.09 bits per heavy atom. The van der Waals surface area contributed by atoms with Crippen molar-refractivity contribution in [3.8, 4) is 0 Å². The molecule has 0 aliphatic heterocycles. The molecule has 4 nitrogen and oxygen atoms in total. The van der Waals surface area contributed by atoms with E-state index in [4.69, 9.17) is 0 Å². The molecular weight excluding hydrogens is 280 g/mol. The van der Waals surface area contributed by atoms with E-state index in [1.165, 1.54) is 0 Å². The first-order chi connectivity index (χ1) is 10.4. The Bertz CT molecular complexity index is 707. The van der Waals surface area contributed by atoms with Crippen molar-refractivity contribution in [1.82, 2.24) is 0 Å². The fourth-order valence-electron chi connectivity index (χ4n) is 2.35. The first kappa shape index (κ1) is 15.5.